The summed E-state index contributed by atoms with van der Waals surface area (Å²) in [5.41, 5.74) is 2.67. The molecule has 2 N–H and O–H groups in total. The minimum absolute atomic E-state index is 0.0677. The molecule has 0 fully saturated rings. The number of carbonyl (C=O) groups excluding carboxylic acids is 1. The number of amides is 1. The Bertz CT molecular complexity index is 1310. The summed E-state index contributed by atoms with van der Waals surface area (Å²) < 4.78 is 26.2. The maximum absolute atomic E-state index is 12.6. The summed E-state index contributed by atoms with van der Waals surface area (Å²) in [6, 6.07) is 13.7. The second-order valence-corrected chi connectivity index (χ2v) is 9.89. The molecule has 2 aromatic carbocycles. The normalized spacial score (nSPS) is 11.8. The zero-order chi connectivity index (χ0) is 21.3. The third-order valence-corrected chi connectivity index (χ3v) is 7.33. The van der Waals surface area contributed by atoms with Crippen LogP contribution in [0.15, 0.2) is 65.0 Å². The monoisotopic (exact) mass is 460 g/mol. The van der Waals surface area contributed by atoms with Crippen molar-refractivity contribution in [2.75, 3.05) is 18.9 Å². The van der Waals surface area contributed by atoms with Crippen molar-refractivity contribution in [3.8, 4) is 11.3 Å². The fraction of sp³-hybridized carbons (Fsp3) is 0.100. The van der Waals surface area contributed by atoms with Gasteiger partial charge < -0.3 is 10.3 Å². The van der Waals surface area contributed by atoms with E-state index in [1.165, 1.54) is 42.6 Å². The summed E-state index contributed by atoms with van der Waals surface area (Å²) in [6.45, 7) is -0.340. The number of hydrogen-bond donors (Lipinski definition) is 2. The summed E-state index contributed by atoms with van der Waals surface area (Å²) in [5.74, 6) is -0.477. The van der Waals surface area contributed by atoms with Crippen LogP contribution >= 0.6 is 22.9 Å². The molecule has 0 radical (unpaired) electrons. The Morgan fingerprint density at radius 1 is 1.20 bits per heavy atom. The lowest BCUT2D eigenvalue weighted by Gasteiger charge is -2.16. The Morgan fingerprint density at radius 3 is 2.70 bits per heavy atom. The highest BCUT2D eigenvalue weighted by Gasteiger charge is 2.23. The molecule has 0 saturated heterocycles. The Balaban J connectivity index is 1.45. The summed E-state index contributed by atoms with van der Waals surface area (Å²) in [6.07, 6.45) is 1.87. The van der Waals surface area contributed by atoms with Crippen LogP contribution in [0.1, 0.15) is 0 Å². The van der Waals surface area contributed by atoms with Crippen molar-refractivity contribution in [2.45, 2.75) is 4.90 Å². The molecular weight excluding hydrogens is 444 g/mol. The van der Waals surface area contributed by atoms with Gasteiger partial charge in [0.05, 0.1) is 17.1 Å². The second kappa shape index (κ2) is 8.19. The van der Waals surface area contributed by atoms with Crippen LogP contribution in [0.4, 0.5) is 5.13 Å². The number of rotatable bonds is 6. The van der Waals surface area contributed by atoms with Crippen LogP contribution in [-0.4, -0.2) is 42.2 Å². The highest BCUT2D eigenvalue weighted by molar-refractivity contribution is 7.89. The molecule has 0 aliphatic carbocycles. The lowest BCUT2D eigenvalue weighted by atomic mass is 10.1. The third kappa shape index (κ3) is 4.10. The predicted octanol–water partition coefficient (Wildman–Crippen LogP) is 4.20. The molecule has 2 aromatic heterocycles. The van der Waals surface area contributed by atoms with E-state index in [-0.39, 0.29) is 11.4 Å². The lowest BCUT2D eigenvalue weighted by Crippen LogP contribution is -2.34. The molecule has 0 unspecified atom stereocenters. The molecule has 0 bridgehead atoms. The van der Waals surface area contributed by atoms with Gasteiger partial charge in [0.25, 0.3) is 0 Å². The molecule has 0 aliphatic rings. The number of aromatic amines is 1. The van der Waals surface area contributed by atoms with Gasteiger partial charge in [-0.2, -0.15) is 4.31 Å². The van der Waals surface area contributed by atoms with Gasteiger partial charge >= 0.3 is 0 Å². The van der Waals surface area contributed by atoms with Crippen LogP contribution in [0.5, 0.6) is 0 Å². The highest BCUT2D eigenvalue weighted by Crippen LogP contribution is 2.31. The van der Waals surface area contributed by atoms with Crippen molar-refractivity contribution in [1.82, 2.24) is 14.3 Å². The highest BCUT2D eigenvalue weighted by atomic mass is 35.5. The Labute approximate surface area is 182 Å². The van der Waals surface area contributed by atoms with E-state index in [0.717, 1.165) is 26.5 Å². The second-order valence-electron chi connectivity index (χ2n) is 6.55. The molecule has 7 nitrogen and oxygen atoms in total. The number of nitrogens with zero attached hydrogens (tertiary/aromatic N) is 2. The van der Waals surface area contributed by atoms with Gasteiger partial charge in [0.1, 0.15) is 0 Å². The fourth-order valence-electron chi connectivity index (χ4n) is 2.97. The van der Waals surface area contributed by atoms with Crippen molar-refractivity contribution >= 4 is 54.9 Å². The number of aromatic nitrogens is 2. The summed E-state index contributed by atoms with van der Waals surface area (Å²) in [4.78, 5) is 20.1. The molecule has 4 rings (SSSR count). The molecule has 10 heteroatoms. The van der Waals surface area contributed by atoms with Crippen molar-refractivity contribution < 1.29 is 13.2 Å². The van der Waals surface area contributed by atoms with Crippen molar-refractivity contribution in [3.05, 3.63) is 65.1 Å². The van der Waals surface area contributed by atoms with Gasteiger partial charge in [-0.3, -0.25) is 4.79 Å². The summed E-state index contributed by atoms with van der Waals surface area (Å²) >= 11 is 7.08. The van der Waals surface area contributed by atoms with E-state index in [1.54, 1.807) is 0 Å². The topological polar surface area (TPSA) is 95.2 Å². The van der Waals surface area contributed by atoms with Crippen molar-refractivity contribution in [1.29, 1.82) is 0 Å². The van der Waals surface area contributed by atoms with E-state index >= 15 is 0 Å². The van der Waals surface area contributed by atoms with Gasteiger partial charge in [0.15, 0.2) is 5.13 Å². The Morgan fingerprint density at radius 2 is 1.93 bits per heavy atom. The van der Waals surface area contributed by atoms with Crippen LogP contribution in [-0.2, 0) is 14.8 Å². The average Bonchev–Trinajstić information content (AvgIpc) is 3.34. The third-order valence-electron chi connectivity index (χ3n) is 4.50. The van der Waals surface area contributed by atoms with Gasteiger partial charge in [0.2, 0.25) is 15.9 Å². The number of carbonyl (C=O) groups is 1. The van der Waals surface area contributed by atoms with Gasteiger partial charge in [0, 0.05) is 40.1 Å². The van der Waals surface area contributed by atoms with Crippen LogP contribution in [0, 0.1) is 0 Å². The summed E-state index contributed by atoms with van der Waals surface area (Å²) in [5, 5.41) is 6.39. The zero-order valence-corrected chi connectivity index (χ0v) is 18.2. The number of thiazole rings is 1. The quantitative estimate of drug-likeness (QED) is 0.450. The first kappa shape index (κ1) is 20.5. The first-order valence-electron chi connectivity index (χ1n) is 8.88. The van der Waals surface area contributed by atoms with E-state index in [9.17, 15) is 13.2 Å². The number of para-hydroxylation sites is 1. The molecule has 0 atom stereocenters. The first-order chi connectivity index (χ1) is 14.3. The minimum Gasteiger partial charge on any atom is -0.360 e. The molecule has 4 aromatic rings. The van der Waals surface area contributed by atoms with Crippen molar-refractivity contribution in [2.24, 2.45) is 0 Å². The van der Waals surface area contributed by atoms with E-state index < -0.39 is 15.9 Å². The Kier molecular flexibility index (Phi) is 5.61. The molecule has 30 heavy (non-hydrogen) atoms. The SMILES string of the molecule is CN(CC(=O)Nc1nc(-c2c[nH]c3ccccc23)cs1)S(=O)(=O)c1ccc(Cl)cc1. The van der Waals surface area contributed by atoms with Gasteiger partial charge in [-0.15, -0.1) is 11.3 Å². The molecular formula is C20H17ClN4O3S2. The lowest BCUT2D eigenvalue weighted by molar-refractivity contribution is -0.116. The van der Waals surface area contributed by atoms with Gasteiger partial charge in [-0.05, 0) is 30.3 Å². The largest absolute Gasteiger partial charge is 0.360 e. The smallest absolute Gasteiger partial charge is 0.243 e. The maximum atomic E-state index is 12.6. The van der Waals surface area contributed by atoms with E-state index in [1.807, 2.05) is 35.8 Å². The molecule has 0 saturated carbocycles. The number of benzene rings is 2. The number of likely N-dealkylation sites (N-methyl/N-ethyl adjacent to an activating group) is 1. The summed E-state index contributed by atoms with van der Waals surface area (Å²) in [7, 11) is -2.46. The molecule has 154 valence electrons. The zero-order valence-electron chi connectivity index (χ0n) is 15.8. The molecule has 0 aliphatic heterocycles. The number of hydrogen-bond acceptors (Lipinski definition) is 5. The average molecular weight is 461 g/mol. The van der Waals surface area contributed by atoms with Crippen molar-refractivity contribution in [3.63, 3.8) is 0 Å². The van der Waals surface area contributed by atoms with Crippen LogP contribution in [0.25, 0.3) is 22.2 Å². The minimum atomic E-state index is -3.80. The van der Waals surface area contributed by atoms with Crippen LogP contribution in [0.2, 0.25) is 5.02 Å². The number of sulfonamides is 1. The number of nitrogens with one attached hydrogen (secondary N) is 2. The molecule has 0 spiro atoms. The molecule has 1 amide bonds. The first-order valence-corrected chi connectivity index (χ1v) is 11.6. The Hall–Kier alpha value is -2.72. The van der Waals surface area contributed by atoms with E-state index in [4.69, 9.17) is 11.6 Å². The standard InChI is InChI=1S/C20H17ClN4O3S2/c1-25(30(27,28)14-8-6-13(21)7-9-14)11-19(26)24-20-23-18(12-29-20)16-10-22-17-5-3-2-4-15(16)17/h2-10,12,22H,11H2,1H3,(H,23,24,26). The number of fused-ring (bicyclic) bond motifs is 1. The maximum Gasteiger partial charge on any atom is 0.243 e. The van der Waals surface area contributed by atoms with Gasteiger partial charge in [-0.1, -0.05) is 29.8 Å². The number of anilines is 1. The van der Waals surface area contributed by atoms with E-state index in [2.05, 4.69) is 15.3 Å². The van der Waals surface area contributed by atoms with Gasteiger partial charge in [-0.25, -0.2) is 13.4 Å². The number of halogens is 1. The van der Waals surface area contributed by atoms with E-state index in [0.29, 0.717) is 10.2 Å². The van der Waals surface area contributed by atoms with Crippen LogP contribution < -0.4 is 5.32 Å². The molecule has 2 heterocycles. The predicted molar refractivity (Wildman–Crippen MR) is 119 cm³/mol. The van der Waals surface area contributed by atoms with Crippen LogP contribution in [0.3, 0.4) is 0 Å². The number of H-pyrrole nitrogens is 1. The fourth-order valence-corrected chi connectivity index (χ4v) is 4.95.